The lowest BCUT2D eigenvalue weighted by Crippen LogP contribution is -2.39. The third-order valence-corrected chi connectivity index (χ3v) is 3.96. The Morgan fingerprint density at radius 2 is 2.10 bits per heavy atom. The van der Waals surface area contributed by atoms with Gasteiger partial charge in [0, 0.05) is 19.6 Å². The zero-order valence-electron chi connectivity index (χ0n) is 13.3. The molecule has 1 fully saturated rings. The maximum atomic E-state index is 4.78. The number of nitrogens with one attached hydrogen (secondary N) is 1. The molecule has 3 heteroatoms. The first kappa shape index (κ1) is 15.5. The molecule has 20 heavy (non-hydrogen) atoms. The van der Waals surface area contributed by atoms with Gasteiger partial charge in [-0.3, -0.25) is 9.88 Å². The number of nitrogens with zero attached hydrogens (tertiary/aromatic N) is 2. The van der Waals surface area contributed by atoms with Crippen LogP contribution in [0.5, 0.6) is 0 Å². The molecule has 112 valence electrons. The molecule has 1 aliphatic heterocycles. The maximum absolute atomic E-state index is 4.78. The van der Waals surface area contributed by atoms with Crippen LogP contribution in [0.2, 0.25) is 0 Å². The highest BCUT2D eigenvalue weighted by atomic mass is 15.1. The zero-order chi connectivity index (χ0) is 14.4. The van der Waals surface area contributed by atoms with Gasteiger partial charge in [0.15, 0.2) is 0 Å². The van der Waals surface area contributed by atoms with E-state index in [9.17, 15) is 0 Å². The van der Waals surface area contributed by atoms with E-state index in [2.05, 4.69) is 49.2 Å². The Balaban J connectivity index is 1.90. The molecule has 2 rings (SSSR count). The summed E-state index contributed by atoms with van der Waals surface area (Å²) in [5.74, 6) is 0. The van der Waals surface area contributed by atoms with Gasteiger partial charge in [-0.15, -0.1) is 0 Å². The molecular weight excluding hydrogens is 246 g/mol. The Bertz CT molecular complexity index is 414. The standard InChI is InChI=1S/C17H29N3/c1-4-10-18-12-15-7-5-8-16(19-15)13-20-11-6-9-17(2,3)14-20/h5,7-8,18H,4,6,9-14H2,1-3H3. The average Bonchev–Trinajstić information content (AvgIpc) is 2.38. The van der Waals surface area contributed by atoms with Crippen molar-refractivity contribution in [1.82, 2.24) is 15.2 Å². The molecule has 1 saturated heterocycles. The number of likely N-dealkylation sites (tertiary alicyclic amines) is 1. The molecule has 0 atom stereocenters. The van der Waals surface area contributed by atoms with Gasteiger partial charge >= 0.3 is 0 Å². The van der Waals surface area contributed by atoms with Crippen LogP contribution in [0.15, 0.2) is 18.2 Å². The summed E-state index contributed by atoms with van der Waals surface area (Å²) in [4.78, 5) is 7.33. The topological polar surface area (TPSA) is 28.2 Å². The molecule has 0 aromatic carbocycles. The Labute approximate surface area is 123 Å². The third kappa shape index (κ3) is 4.88. The largest absolute Gasteiger partial charge is 0.311 e. The number of aromatic nitrogens is 1. The van der Waals surface area contributed by atoms with E-state index in [-0.39, 0.29) is 0 Å². The van der Waals surface area contributed by atoms with Crippen LogP contribution in [0.1, 0.15) is 51.4 Å². The van der Waals surface area contributed by atoms with Crippen molar-refractivity contribution in [3.05, 3.63) is 29.6 Å². The van der Waals surface area contributed by atoms with E-state index in [4.69, 9.17) is 4.98 Å². The van der Waals surface area contributed by atoms with Gasteiger partial charge in [-0.05, 0) is 49.9 Å². The van der Waals surface area contributed by atoms with E-state index in [1.54, 1.807) is 0 Å². The van der Waals surface area contributed by atoms with Crippen molar-refractivity contribution in [2.24, 2.45) is 5.41 Å². The molecule has 1 aromatic rings. The molecule has 0 bridgehead atoms. The summed E-state index contributed by atoms with van der Waals surface area (Å²) in [5.41, 5.74) is 2.82. The van der Waals surface area contributed by atoms with Crippen molar-refractivity contribution >= 4 is 0 Å². The smallest absolute Gasteiger partial charge is 0.0547 e. The zero-order valence-corrected chi connectivity index (χ0v) is 13.3. The van der Waals surface area contributed by atoms with Crippen molar-refractivity contribution in [3.63, 3.8) is 0 Å². The van der Waals surface area contributed by atoms with Crippen LogP contribution in [-0.2, 0) is 13.1 Å². The number of pyridine rings is 1. The second kappa shape index (κ2) is 7.19. The molecule has 0 saturated carbocycles. The Morgan fingerprint density at radius 3 is 2.85 bits per heavy atom. The van der Waals surface area contributed by atoms with E-state index < -0.39 is 0 Å². The molecule has 2 heterocycles. The fourth-order valence-electron chi connectivity index (χ4n) is 3.02. The molecule has 0 unspecified atom stereocenters. The van der Waals surface area contributed by atoms with Crippen LogP contribution < -0.4 is 5.32 Å². The molecule has 3 nitrogen and oxygen atoms in total. The predicted octanol–water partition coefficient (Wildman–Crippen LogP) is 3.20. The average molecular weight is 275 g/mol. The number of hydrogen-bond acceptors (Lipinski definition) is 3. The number of piperidine rings is 1. The molecule has 1 N–H and O–H groups in total. The summed E-state index contributed by atoms with van der Waals surface area (Å²) in [5, 5.41) is 3.42. The number of hydrogen-bond donors (Lipinski definition) is 1. The van der Waals surface area contributed by atoms with Gasteiger partial charge in [-0.2, -0.15) is 0 Å². The normalized spacial score (nSPS) is 19.1. The lowest BCUT2D eigenvalue weighted by molar-refractivity contribution is 0.110. The van der Waals surface area contributed by atoms with Crippen molar-refractivity contribution < 1.29 is 0 Å². The van der Waals surface area contributed by atoms with Crippen LogP contribution in [0.25, 0.3) is 0 Å². The predicted molar refractivity (Wildman–Crippen MR) is 84.5 cm³/mol. The minimum atomic E-state index is 0.457. The van der Waals surface area contributed by atoms with E-state index in [0.717, 1.165) is 25.3 Å². The minimum absolute atomic E-state index is 0.457. The second-order valence-electron chi connectivity index (χ2n) is 6.78. The van der Waals surface area contributed by atoms with Crippen molar-refractivity contribution in [2.45, 2.75) is 53.1 Å². The third-order valence-electron chi connectivity index (χ3n) is 3.96. The summed E-state index contributed by atoms with van der Waals surface area (Å²) >= 11 is 0. The van der Waals surface area contributed by atoms with Crippen molar-refractivity contribution in [2.75, 3.05) is 19.6 Å². The second-order valence-corrected chi connectivity index (χ2v) is 6.78. The Morgan fingerprint density at radius 1 is 1.30 bits per heavy atom. The summed E-state index contributed by atoms with van der Waals surface area (Å²) in [6, 6.07) is 6.41. The minimum Gasteiger partial charge on any atom is -0.311 e. The maximum Gasteiger partial charge on any atom is 0.0547 e. The van der Waals surface area contributed by atoms with Gasteiger partial charge in [0.25, 0.3) is 0 Å². The van der Waals surface area contributed by atoms with E-state index in [0.29, 0.717) is 5.41 Å². The molecular formula is C17H29N3. The monoisotopic (exact) mass is 275 g/mol. The van der Waals surface area contributed by atoms with Gasteiger partial charge in [0.05, 0.1) is 11.4 Å². The quantitative estimate of drug-likeness (QED) is 0.808. The van der Waals surface area contributed by atoms with Gasteiger partial charge < -0.3 is 5.32 Å². The summed E-state index contributed by atoms with van der Waals surface area (Å²) in [6.07, 6.45) is 3.82. The van der Waals surface area contributed by atoms with Crippen LogP contribution >= 0.6 is 0 Å². The van der Waals surface area contributed by atoms with Crippen LogP contribution in [0.4, 0.5) is 0 Å². The summed E-state index contributed by atoms with van der Waals surface area (Å²) in [7, 11) is 0. The highest BCUT2D eigenvalue weighted by Crippen LogP contribution is 2.28. The molecule has 0 radical (unpaired) electrons. The van der Waals surface area contributed by atoms with Crippen molar-refractivity contribution in [3.8, 4) is 0 Å². The van der Waals surface area contributed by atoms with E-state index in [1.807, 2.05) is 0 Å². The lowest BCUT2D eigenvalue weighted by Gasteiger charge is -2.37. The summed E-state index contributed by atoms with van der Waals surface area (Å²) < 4.78 is 0. The van der Waals surface area contributed by atoms with Gasteiger partial charge in [0.1, 0.15) is 0 Å². The Kier molecular flexibility index (Phi) is 5.55. The molecule has 0 spiro atoms. The lowest BCUT2D eigenvalue weighted by atomic mass is 9.84. The molecule has 1 aromatic heterocycles. The molecule has 1 aliphatic rings. The fraction of sp³-hybridized carbons (Fsp3) is 0.706. The molecule has 0 amide bonds. The first-order valence-corrected chi connectivity index (χ1v) is 7.97. The highest BCUT2D eigenvalue weighted by Gasteiger charge is 2.26. The van der Waals surface area contributed by atoms with E-state index in [1.165, 1.54) is 38.0 Å². The fourth-order valence-corrected chi connectivity index (χ4v) is 3.02. The van der Waals surface area contributed by atoms with E-state index >= 15 is 0 Å². The highest BCUT2D eigenvalue weighted by molar-refractivity contribution is 5.11. The van der Waals surface area contributed by atoms with Crippen LogP contribution in [0, 0.1) is 5.41 Å². The van der Waals surface area contributed by atoms with Crippen LogP contribution in [0.3, 0.4) is 0 Å². The van der Waals surface area contributed by atoms with Gasteiger partial charge in [0.2, 0.25) is 0 Å². The summed E-state index contributed by atoms with van der Waals surface area (Å²) in [6.45, 7) is 12.3. The Hall–Kier alpha value is -0.930. The molecule has 0 aliphatic carbocycles. The first-order chi connectivity index (χ1) is 9.59. The number of rotatable bonds is 6. The SMILES string of the molecule is CCCNCc1cccc(CN2CCCC(C)(C)C2)n1. The van der Waals surface area contributed by atoms with Crippen molar-refractivity contribution in [1.29, 1.82) is 0 Å². The van der Waals surface area contributed by atoms with Crippen LogP contribution in [-0.4, -0.2) is 29.5 Å². The first-order valence-electron chi connectivity index (χ1n) is 7.97. The van der Waals surface area contributed by atoms with Gasteiger partial charge in [-0.25, -0.2) is 0 Å². The van der Waals surface area contributed by atoms with Gasteiger partial charge in [-0.1, -0.05) is 26.8 Å².